The zero-order valence-corrected chi connectivity index (χ0v) is 10.5. The molecule has 0 aliphatic heterocycles. The second-order valence-electron chi connectivity index (χ2n) is 4.54. The topological polar surface area (TPSA) is 21.3 Å². The highest BCUT2D eigenvalue weighted by Gasteiger charge is 2.22. The third kappa shape index (κ3) is 5.61. The van der Waals surface area contributed by atoms with Crippen molar-refractivity contribution < 1.29 is 4.74 Å². The van der Waals surface area contributed by atoms with Crippen molar-refractivity contribution in [3.63, 3.8) is 0 Å². The Bertz CT molecular complexity index is 138. The average molecular weight is 201 g/mol. The SMILES string of the molecule is CCCC(C)COC(C)(CC)CNC. The predicted molar refractivity (Wildman–Crippen MR) is 62.6 cm³/mol. The van der Waals surface area contributed by atoms with Crippen molar-refractivity contribution in [3.8, 4) is 0 Å². The smallest absolute Gasteiger partial charge is 0.0775 e. The Morgan fingerprint density at radius 2 is 2.00 bits per heavy atom. The third-order valence-electron chi connectivity index (χ3n) is 2.80. The molecule has 0 saturated carbocycles. The van der Waals surface area contributed by atoms with E-state index in [4.69, 9.17) is 4.74 Å². The molecular weight excluding hydrogens is 174 g/mol. The van der Waals surface area contributed by atoms with Crippen LogP contribution in [0.1, 0.15) is 47.0 Å². The van der Waals surface area contributed by atoms with E-state index >= 15 is 0 Å². The summed E-state index contributed by atoms with van der Waals surface area (Å²) in [6.45, 7) is 10.7. The lowest BCUT2D eigenvalue weighted by atomic mass is 10.0. The molecule has 86 valence electrons. The number of hydrogen-bond acceptors (Lipinski definition) is 2. The minimum absolute atomic E-state index is 0.0107. The molecule has 2 nitrogen and oxygen atoms in total. The van der Waals surface area contributed by atoms with Crippen LogP contribution in [0.2, 0.25) is 0 Å². The minimum Gasteiger partial charge on any atom is -0.374 e. The summed E-state index contributed by atoms with van der Waals surface area (Å²) in [7, 11) is 1.98. The molecule has 0 fully saturated rings. The Kier molecular flexibility index (Phi) is 7.20. The van der Waals surface area contributed by atoms with Gasteiger partial charge in [0.25, 0.3) is 0 Å². The van der Waals surface area contributed by atoms with Crippen molar-refractivity contribution in [2.24, 2.45) is 5.92 Å². The van der Waals surface area contributed by atoms with Crippen molar-refractivity contribution in [3.05, 3.63) is 0 Å². The molecule has 0 aromatic heterocycles. The molecule has 14 heavy (non-hydrogen) atoms. The fourth-order valence-corrected chi connectivity index (χ4v) is 1.57. The van der Waals surface area contributed by atoms with Gasteiger partial charge in [0.05, 0.1) is 5.60 Å². The van der Waals surface area contributed by atoms with E-state index in [2.05, 4.69) is 33.0 Å². The summed E-state index contributed by atoms with van der Waals surface area (Å²) in [5, 5.41) is 3.19. The maximum absolute atomic E-state index is 5.97. The van der Waals surface area contributed by atoms with Gasteiger partial charge in [0.15, 0.2) is 0 Å². The highest BCUT2D eigenvalue weighted by molar-refractivity contribution is 4.75. The van der Waals surface area contributed by atoms with Gasteiger partial charge in [-0.05, 0) is 32.7 Å². The van der Waals surface area contributed by atoms with E-state index in [0.717, 1.165) is 19.6 Å². The van der Waals surface area contributed by atoms with E-state index in [9.17, 15) is 0 Å². The molecule has 0 saturated heterocycles. The molecule has 0 heterocycles. The monoisotopic (exact) mass is 201 g/mol. The highest BCUT2D eigenvalue weighted by Crippen LogP contribution is 2.16. The molecule has 0 radical (unpaired) electrons. The van der Waals surface area contributed by atoms with Crippen LogP contribution in [0.25, 0.3) is 0 Å². The van der Waals surface area contributed by atoms with Crippen molar-refractivity contribution in [1.29, 1.82) is 0 Å². The van der Waals surface area contributed by atoms with Gasteiger partial charge in [-0.2, -0.15) is 0 Å². The summed E-state index contributed by atoms with van der Waals surface area (Å²) in [4.78, 5) is 0. The summed E-state index contributed by atoms with van der Waals surface area (Å²) in [5.74, 6) is 0.683. The zero-order chi connectivity index (χ0) is 11.0. The number of ether oxygens (including phenoxy) is 1. The summed E-state index contributed by atoms with van der Waals surface area (Å²) >= 11 is 0. The largest absolute Gasteiger partial charge is 0.374 e. The number of nitrogens with one attached hydrogen (secondary N) is 1. The second kappa shape index (κ2) is 7.24. The van der Waals surface area contributed by atoms with Gasteiger partial charge >= 0.3 is 0 Å². The maximum atomic E-state index is 5.97. The normalized spacial score (nSPS) is 17.8. The maximum Gasteiger partial charge on any atom is 0.0775 e. The van der Waals surface area contributed by atoms with Crippen LogP contribution < -0.4 is 5.32 Å². The van der Waals surface area contributed by atoms with Gasteiger partial charge in [-0.25, -0.2) is 0 Å². The van der Waals surface area contributed by atoms with Gasteiger partial charge in [0, 0.05) is 13.2 Å². The van der Waals surface area contributed by atoms with Crippen LogP contribution >= 0.6 is 0 Å². The lowest BCUT2D eigenvalue weighted by molar-refractivity contribution is -0.0471. The van der Waals surface area contributed by atoms with Crippen LogP contribution in [0.4, 0.5) is 0 Å². The molecule has 0 aromatic rings. The molecule has 0 amide bonds. The number of rotatable bonds is 8. The fraction of sp³-hybridized carbons (Fsp3) is 1.00. The average Bonchev–Trinajstić information content (AvgIpc) is 2.16. The van der Waals surface area contributed by atoms with Crippen LogP contribution in [0.3, 0.4) is 0 Å². The van der Waals surface area contributed by atoms with Gasteiger partial charge < -0.3 is 10.1 Å². The van der Waals surface area contributed by atoms with E-state index in [1.165, 1.54) is 12.8 Å². The van der Waals surface area contributed by atoms with E-state index in [1.807, 2.05) is 7.05 Å². The van der Waals surface area contributed by atoms with Crippen LogP contribution in [0.5, 0.6) is 0 Å². The summed E-state index contributed by atoms with van der Waals surface area (Å²) in [6, 6.07) is 0. The van der Waals surface area contributed by atoms with Crippen molar-refractivity contribution >= 4 is 0 Å². The fourth-order valence-electron chi connectivity index (χ4n) is 1.57. The first-order valence-corrected chi connectivity index (χ1v) is 5.86. The molecule has 0 rings (SSSR count). The molecule has 1 N–H and O–H groups in total. The van der Waals surface area contributed by atoms with E-state index < -0.39 is 0 Å². The summed E-state index contributed by atoms with van der Waals surface area (Å²) in [5.41, 5.74) is 0.0107. The Balaban J connectivity index is 3.81. The molecule has 2 unspecified atom stereocenters. The van der Waals surface area contributed by atoms with Crippen molar-refractivity contribution in [1.82, 2.24) is 5.32 Å². The van der Waals surface area contributed by atoms with E-state index in [1.54, 1.807) is 0 Å². The molecule has 0 aliphatic carbocycles. The van der Waals surface area contributed by atoms with Crippen LogP contribution in [0.15, 0.2) is 0 Å². The molecule has 0 aromatic carbocycles. The zero-order valence-electron chi connectivity index (χ0n) is 10.5. The molecule has 0 spiro atoms. The van der Waals surface area contributed by atoms with Gasteiger partial charge in [-0.3, -0.25) is 0 Å². The third-order valence-corrected chi connectivity index (χ3v) is 2.80. The Morgan fingerprint density at radius 1 is 1.36 bits per heavy atom. The molecule has 0 aliphatic rings. The standard InChI is InChI=1S/C12H27NO/c1-6-8-11(3)9-14-12(4,7-2)10-13-5/h11,13H,6-10H2,1-5H3. The first-order chi connectivity index (χ1) is 6.58. The summed E-state index contributed by atoms with van der Waals surface area (Å²) in [6.07, 6.45) is 3.57. The van der Waals surface area contributed by atoms with Crippen molar-refractivity contribution in [2.45, 2.75) is 52.6 Å². The predicted octanol–water partition coefficient (Wildman–Crippen LogP) is 2.83. The summed E-state index contributed by atoms with van der Waals surface area (Å²) < 4.78 is 5.97. The molecule has 2 atom stereocenters. The van der Waals surface area contributed by atoms with Crippen LogP contribution in [-0.2, 0) is 4.74 Å². The number of hydrogen-bond donors (Lipinski definition) is 1. The van der Waals surface area contributed by atoms with E-state index in [-0.39, 0.29) is 5.60 Å². The quantitative estimate of drug-likeness (QED) is 0.652. The molecule has 0 bridgehead atoms. The lowest BCUT2D eigenvalue weighted by Crippen LogP contribution is -2.39. The molecular formula is C12H27NO. The van der Waals surface area contributed by atoms with Crippen LogP contribution in [0, 0.1) is 5.92 Å². The van der Waals surface area contributed by atoms with Gasteiger partial charge in [0.1, 0.15) is 0 Å². The Labute approximate surface area is 89.4 Å². The lowest BCUT2D eigenvalue weighted by Gasteiger charge is -2.30. The number of likely N-dealkylation sites (N-methyl/N-ethyl adjacent to an activating group) is 1. The first-order valence-electron chi connectivity index (χ1n) is 5.86. The minimum atomic E-state index is 0.0107. The van der Waals surface area contributed by atoms with Gasteiger partial charge in [-0.15, -0.1) is 0 Å². The van der Waals surface area contributed by atoms with Crippen LogP contribution in [-0.4, -0.2) is 25.8 Å². The van der Waals surface area contributed by atoms with E-state index in [0.29, 0.717) is 5.92 Å². The molecule has 2 heteroatoms. The van der Waals surface area contributed by atoms with Gasteiger partial charge in [0.2, 0.25) is 0 Å². The van der Waals surface area contributed by atoms with Gasteiger partial charge in [-0.1, -0.05) is 27.2 Å². The Morgan fingerprint density at radius 3 is 2.43 bits per heavy atom. The highest BCUT2D eigenvalue weighted by atomic mass is 16.5. The Hall–Kier alpha value is -0.0800. The second-order valence-corrected chi connectivity index (χ2v) is 4.54. The first kappa shape index (κ1) is 13.9. The van der Waals surface area contributed by atoms with Crippen molar-refractivity contribution in [2.75, 3.05) is 20.2 Å².